The molecule has 1 saturated heterocycles. The van der Waals surface area contributed by atoms with Gasteiger partial charge in [-0.05, 0) is 103 Å². The largest absolute Gasteiger partial charge is 0.481 e. The lowest BCUT2D eigenvalue weighted by molar-refractivity contribution is -0.315. The van der Waals surface area contributed by atoms with Crippen molar-refractivity contribution >= 4 is 5.97 Å². The lowest BCUT2D eigenvalue weighted by Gasteiger charge is -2.71. The fraction of sp³-hybridized carbons (Fsp3) is 0.917. The Bertz CT molecular complexity index is 1190. The van der Waals surface area contributed by atoms with Gasteiger partial charge >= 0.3 is 5.97 Å². The molecule has 0 radical (unpaired) electrons. The van der Waals surface area contributed by atoms with E-state index in [9.17, 15) is 35.4 Å². The zero-order valence-corrected chi connectivity index (χ0v) is 28.1. The van der Waals surface area contributed by atoms with Gasteiger partial charge < -0.3 is 40.1 Å². The molecule has 0 aromatic rings. The van der Waals surface area contributed by atoms with Crippen LogP contribution in [0.15, 0.2) is 11.6 Å². The fourth-order valence-corrected chi connectivity index (χ4v) is 12.2. The Kier molecular flexibility index (Phi) is 8.45. The Morgan fingerprint density at radius 2 is 1.62 bits per heavy atom. The summed E-state index contributed by atoms with van der Waals surface area (Å²) in [6.07, 6.45) is 3.14. The van der Waals surface area contributed by atoms with Crippen LogP contribution in [-0.2, 0) is 14.3 Å². The summed E-state index contributed by atoms with van der Waals surface area (Å²) >= 11 is 0. The maximum absolute atomic E-state index is 12.8. The van der Waals surface area contributed by atoms with Crippen LogP contribution in [0.1, 0.15) is 99.3 Å². The van der Waals surface area contributed by atoms with Gasteiger partial charge in [0.1, 0.15) is 24.4 Å². The number of rotatable bonds is 5. The highest BCUT2D eigenvalue weighted by molar-refractivity contribution is 5.71. The second-order valence-electron chi connectivity index (χ2n) is 17.7. The number of carboxylic acids is 1. The first kappa shape index (κ1) is 33.8. The number of allylic oxidation sites excluding steroid dienone is 2. The lowest BCUT2D eigenvalue weighted by atomic mass is 9.34. The number of ether oxygens (including phenoxy) is 2. The summed E-state index contributed by atoms with van der Waals surface area (Å²) in [7, 11) is 0. The van der Waals surface area contributed by atoms with Crippen molar-refractivity contribution in [3.8, 4) is 0 Å². The summed E-state index contributed by atoms with van der Waals surface area (Å²) in [5, 5.41) is 62.9. The Morgan fingerprint density at radius 1 is 0.911 bits per heavy atom. The first-order valence-electron chi connectivity index (χ1n) is 17.5. The minimum absolute atomic E-state index is 0.0933. The molecular formula is C36H58O9. The molecule has 15 unspecified atom stereocenters. The van der Waals surface area contributed by atoms with E-state index < -0.39 is 54.8 Å². The number of aliphatic hydroxyl groups excluding tert-OH is 5. The molecule has 4 saturated carbocycles. The van der Waals surface area contributed by atoms with Crippen LogP contribution in [0.4, 0.5) is 0 Å². The van der Waals surface area contributed by atoms with Gasteiger partial charge in [0.05, 0.1) is 25.2 Å². The Labute approximate surface area is 268 Å². The molecule has 5 fully saturated rings. The van der Waals surface area contributed by atoms with Crippen LogP contribution in [0.3, 0.4) is 0 Å². The van der Waals surface area contributed by atoms with Gasteiger partial charge in [0.15, 0.2) is 6.29 Å². The Hall–Kier alpha value is -1.07. The van der Waals surface area contributed by atoms with Gasteiger partial charge in [-0.3, -0.25) is 4.79 Å². The zero-order valence-electron chi connectivity index (χ0n) is 28.1. The average Bonchev–Trinajstić information content (AvgIpc) is 2.97. The topological polar surface area (TPSA) is 157 Å². The summed E-state index contributed by atoms with van der Waals surface area (Å²) in [4.78, 5) is 12.8. The monoisotopic (exact) mass is 634 g/mol. The van der Waals surface area contributed by atoms with Gasteiger partial charge in [-0.25, -0.2) is 0 Å². The van der Waals surface area contributed by atoms with Crippen LogP contribution >= 0.6 is 0 Å². The van der Waals surface area contributed by atoms with Crippen molar-refractivity contribution in [3.05, 3.63) is 11.6 Å². The summed E-state index contributed by atoms with van der Waals surface area (Å²) in [6, 6.07) is 0. The summed E-state index contributed by atoms with van der Waals surface area (Å²) in [5.74, 6) is -0.0550. The van der Waals surface area contributed by atoms with Crippen molar-refractivity contribution in [3.63, 3.8) is 0 Å². The Morgan fingerprint density at radius 3 is 2.29 bits per heavy atom. The van der Waals surface area contributed by atoms with Crippen LogP contribution in [0.2, 0.25) is 0 Å². The van der Waals surface area contributed by atoms with Crippen LogP contribution < -0.4 is 0 Å². The molecule has 6 rings (SSSR count). The van der Waals surface area contributed by atoms with E-state index in [1.165, 1.54) is 5.57 Å². The van der Waals surface area contributed by atoms with E-state index in [2.05, 4.69) is 47.6 Å². The molecule has 0 bridgehead atoms. The summed E-state index contributed by atoms with van der Waals surface area (Å²) < 4.78 is 11.8. The third-order valence-corrected chi connectivity index (χ3v) is 15.0. The van der Waals surface area contributed by atoms with E-state index in [1.807, 2.05) is 0 Å². The van der Waals surface area contributed by atoms with Crippen molar-refractivity contribution in [2.45, 2.75) is 136 Å². The van der Waals surface area contributed by atoms with Crippen LogP contribution in [0.25, 0.3) is 0 Å². The number of carboxylic acid groups (broad SMARTS) is 1. The van der Waals surface area contributed by atoms with Crippen molar-refractivity contribution < 1.29 is 44.9 Å². The minimum Gasteiger partial charge on any atom is -0.481 e. The average molecular weight is 635 g/mol. The van der Waals surface area contributed by atoms with Crippen molar-refractivity contribution in [2.75, 3.05) is 13.2 Å². The number of aliphatic carboxylic acids is 1. The molecule has 6 aliphatic rings. The van der Waals surface area contributed by atoms with Gasteiger partial charge in [0.2, 0.25) is 0 Å². The normalized spacial score (nSPS) is 54.1. The smallest absolute Gasteiger partial charge is 0.306 e. The third kappa shape index (κ3) is 4.92. The van der Waals surface area contributed by atoms with Crippen LogP contribution in [-0.4, -0.2) is 86.6 Å². The molecule has 5 aliphatic carbocycles. The molecule has 45 heavy (non-hydrogen) atoms. The highest BCUT2D eigenvalue weighted by Gasteiger charge is 2.69. The van der Waals surface area contributed by atoms with Gasteiger partial charge in [-0.2, -0.15) is 0 Å². The second-order valence-corrected chi connectivity index (χ2v) is 17.7. The number of fused-ring (bicyclic) bond motifs is 7. The minimum atomic E-state index is -1.52. The van der Waals surface area contributed by atoms with Crippen molar-refractivity contribution in [1.29, 1.82) is 0 Å². The zero-order chi connectivity index (χ0) is 32.9. The first-order chi connectivity index (χ1) is 20.9. The standard InChI is InChI=1S/C36H58O9/c1-32(2)12-9-19-20(15-32)22-7-8-25-33(3)13-11-26(38)34(4,18-44-31-29(41)28(40)27(39)23(17-37)45-31)24(33)10-14-35(25,5)36(22,6)16-21(19)30(42)43/h7,19-21,23-29,31,37-41H,8-18H2,1-6H3,(H,42,43). The van der Waals surface area contributed by atoms with E-state index in [1.54, 1.807) is 0 Å². The molecular weight excluding hydrogens is 576 g/mol. The molecule has 9 nitrogen and oxygen atoms in total. The molecule has 1 heterocycles. The number of aliphatic hydroxyl groups is 5. The van der Waals surface area contributed by atoms with E-state index in [4.69, 9.17) is 9.47 Å². The van der Waals surface area contributed by atoms with Gasteiger partial charge in [0.25, 0.3) is 0 Å². The molecule has 15 atom stereocenters. The predicted molar refractivity (Wildman–Crippen MR) is 167 cm³/mol. The highest BCUT2D eigenvalue weighted by Crippen LogP contribution is 2.75. The molecule has 9 heteroatoms. The van der Waals surface area contributed by atoms with Crippen molar-refractivity contribution in [2.24, 2.45) is 56.7 Å². The first-order valence-corrected chi connectivity index (χ1v) is 17.5. The summed E-state index contributed by atoms with van der Waals surface area (Å²) in [6.45, 7) is 13.5. The van der Waals surface area contributed by atoms with Crippen LogP contribution in [0, 0.1) is 56.7 Å². The molecule has 0 amide bonds. The lowest BCUT2D eigenvalue weighted by Crippen LogP contribution is -2.66. The van der Waals surface area contributed by atoms with E-state index >= 15 is 0 Å². The van der Waals surface area contributed by atoms with E-state index in [-0.39, 0.29) is 46.0 Å². The molecule has 0 aromatic carbocycles. The molecule has 0 aromatic heterocycles. The van der Waals surface area contributed by atoms with E-state index in [0.29, 0.717) is 24.7 Å². The predicted octanol–water partition coefficient (Wildman–Crippen LogP) is 3.89. The number of hydrogen-bond acceptors (Lipinski definition) is 8. The molecule has 0 spiro atoms. The third-order valence-electron chi connectivity index (χ3n) is 15.0. The van der Waals surface area contributed by atoms with Gasteiger partial charge in [-0.1, -0.05) is 53.2 Å². The van der Waals surface area contributed by atoms with Gasteiger partial charge in [0, 0.05) is 5.41 Å². The number of hydrogen-bond donors (Lipinski definition) is 6. The van der Waals surface area contributed by atoms with Crippen molar-refractivity contribution in [1.82, 2.24) is 0 Å². The van der Waals surface area contributed by atoms with Crippen LogP contribution in [0.5, 0.6) is 0 Å². The fourth-order valence-electron chi connectivity index (χ4n) is 12.2. The van der Waals surface area contributed by atoms with E-state index in [0.717, 1.165) is 44.9 Å². The maximum Gasteiger partial charge on any atom is 0.306 e. The maximum atomic E-state index is 12.8. The van der Waals surface area contributed by atoms with Gasteiger partial charge in [-0.15, -0.1) is 0 Å². The second kappa shape index (κ2) is 11.2. The highest BCUT2D eigenvalue weighted by atomic mass is 16.7. The SMILES string of the molecule is CC1(C)CCC2C(C(=O)O)CC3(C)C(=CCC4C5(C)CCC(O)C(C)(COC6OC(CO)C(O)C(O)C6O)C5CCC43C)C2C1. The molecule has 1 aliphatic heterocycles. The number of carbonyl (C=O) groups is 1. The quantitative estimate of drug-likeness (QED) is 0.247. The summed E-state index contributed by atoms with van der Waals surface area (Å²) in [5.41, 5.74) is 0.611. The Balaban J connectivity index is 1.31. The molecule has 6 N–H and O–H groups in total. The molecule has 256 valence electrons.